The summed E-state index contributed by atoms with van der Waals surface area (Å²) in [6.07, 6.45) is -4.95. The van der Waals surface area contributed by atoms with E-state index in [1.165, 1.54) is 41.3 Å². The maximum absolute atomic E-state index is 13.1. The fraction of sp³-hybridized carbons (Fsp3) is 0.286. The highest BCUT2D eigenvalue weighted by Gasteiger charge is 2.37. The zero-order chi connectivity index (χ0) is 26.1. The first kappa shape index (κ1) is 25.6. The Morgan fingerprint density at radius 1 is 0.943 bits per heavy atom. The summed E-state index contributed by atoms with van der Waals surface area (Å²) in [7, 11) is 3.09. The summed E-state index contributed by atoms with van der Waals surface area (Å²) in [5.74, 6) is -1.43. The van der Waals surface area contributed by atoms with E-state index in [4.69, 9.17) is 0 Å². The maximum Gasteiger partial charge on any atom is 0.416 e. The third-order valence-electron chi connectivity index (χ3n) is 4.77. The van der Waals surface area contributed by atoms with E-state index in [0.29, 0.717) is 12.1 Å². The summed E-state index contributed by atoms with van der Waals surface area (Å²) < 4.78 is 79.9. The van der Waals surface area contributed by atoms with Gasteiger partial charge in [-0.25, -0.2) is 9.67 Å². The van der Waals surface area contributed by atoms with Crippen LogP contribution >= 0.6 is 0 Å². The van der Waals surface area contributed by atoms with Crippen LogP contribution in [0.1, 0.15) is 50.5 Å². The van der Waals surface area contributed by atoms with Gasteiger partial charge < -0.3 is 10.2 Å². The molecule has 3 rings (SSSR count). The van der Waals surface area contributed by atoms with E-state index in [1.54, 1.807) is 14.1 Å². The van der Waals surface area contributed by atoms with Crippen LogP contribution in [0.3, 0.4) is 0 Å². The van der Waals surface area contributed by atoms with Crippen molar-refractivity contribution in [2.45, 2.75) is 25.3 Å². The van der Waals surface area contributed by atoms with Gasteiger partial charge in [-0.1, -0.05) is 0 Å². The molecule has 0 radical (unpaired) electrons. The molecule has 8 nitrogen and oxygen atoms in total. The number of carbonyl (C=O) groups is 2. The average Bonchev–Trinajstić information content (AvgIpc) is 3.27. The molecular formula is C21H18F6N6O2. The van der Waals surface area contributed by atoms with Crippen LogP contribution in [0.25, 0.3) is 5.82 Å². The van der Waals surface area contributed by atoms with Gasteiger partial charge in [0.15, 0.2) is 5.82 Å². The van der Waals surface area contributed by atoms with Gasteiger partial charge in [0.25, 0.3) is 11.8 Å². The largest absolute Gasteiger partial charge is 0.416 e. The van der Waals surface area contributed by atoms with Crippen molar-refractivity contribution in [2.75, 3.05) is 14.1 Å². The Labute approximate surface area is 194 Å². The molecule has 14 heteroatoms. The highest BCUT2D eigenvalue weighted by atomic mass is 19.4. The maximum atomic E-state index is 13.1. The summed E-state index contributed by atoms with van der Waals surface area (Å²) in [6, 6.07) is -0.402. The van der Waals surface area contributed by atoms with E-state index in [1.807, 2.05) is 0 Å². The normalized spacial score (nSPS) is 12.8. The predicted octanol–water partition coefficient (Wildman–Crippen LogP) is 3.89. The molecule has 0 aliphatic heterocycles. The molecule has 3 aromatic rings. The molecule has 2 aromatic heterocycles. The molecule has 0 spiro atoms. The molecule has 186 valence electrons. The topological polar surface area (TPSA) is 93.0 Å². The minimum atomic E-state index is -5.10. The molecule has 2 amide bonds. The molecular weight excluding hydrogens is 482 g/mol. The minimum absolute atomic E-state index is 0.0642. The molecule has 2 heterocycles. The van der Waals surface area contributed by atoms with E-state index in [0.717, 1.165) is 0 Å². The zero-order valence-corrected chi connectivity index (χ0v) is 18.4. The Kier molecular flexibility index (Phi) is 6.85. The van der Waals surface area contributed by atoms with Gasteiger partial charge >= 0.3 is 12.4 Å². The van der Waals surface area contributed by atoms with E-state index in [-0.39, 0.29) is 29.0 Å². The quantitative estimate of drug-likeness (QED) is 0.537. The first-order valence-corrected chi connectivity index (χ1v) is 9.86. The predicted molar refractivity (Wildman–Crippen MR) is 109 cm³/mol. The number of nitrogens with one attached hydrogen (secondary N) is 1. The van der Waals surface area contributed by atoms with E-state index in [9.17, 15) is 35.9 Å². The summed E-state index contributed by atoms with van der Waals surface area (Å²) in [5.41, 5.74) is -3.72. The molecule has 0 bridgehead atoms. The Hall–Kier alpha value is -3.97. The fourth-order valence-electron chi connectivity index (χ4n) is 3.07. The number of hydrogen-bond donors (Lipinski definition) is 1. The summed E-state index contributed by atoms with van der Waals surface area (Å²) >= 11 is 0. The standard InChI is InChI=1S/C21H18F6N6O2/c1-11(16-17(29-5-4-28-16)33-10-13(9-30-33)19(35)32(2)3)31-18(34)12-6-14(20(22,23)24)8-15(7-12)21(25,26)27/h4-11H,1-3H3,(H,31,34)/t11-/m1/s1. The Balaban J connectivity index is 1.93. The lowest BCUT2D eigenvalue weighted by atomic mass is 10.0. The van der Waals surface area contributed by atoms with E-state index >= 15 is 0 Å². The molecule has 0 aliphatic rings. The molecule has 0 saturated carbocycles. The van der Waals surface area contributed by atoms with Crippen molar-refractivity contribution in [1.29, 1.82) is 0 Å². The number of alkyl halides is 6. The zero-order valence-electron chi connectivity index (χ0n) is 18.4. The van der Waals surface area contributed by atoms with Gasteiger partial charge in [-0.05, 0) is 25.1 Å². The number of carbonyl (C=O) groups excluding carboxylic acids is 2. The summed E-state index contributed by atoms with van der Waals surface area (Å²) in [5, 5.41) is 6.39. The number of aromatic nitrogens is 4. The number of halogens is 6. The highest BCUT2D eigenvalue weighted by molar-refractivity contribution is 5.95. The lowest BCUT2D eigenvalue weighted by Crippen LogP contribution is -2.29. The van der Waals surface area contributed by atoms with Crippen molar-refractivity contribution in [3.8, 4) is 5.82 Å². The van der Waals surface area contributed by atoms with Crippen LogP contribution in [0.2, 0.25) is 0 Å². The summed E-state index contributed by atoms with van der Waals surface area (Å²) in [4.78, 5) is 34.3. The van der Waals surface area contributed by atoms with Gasteiger partial charge in [-0.3, -0.25) is 14.6 Å². The average molecular weight is 500 g/mol. The SMILES string of the molecule is C[C@@H](NC(=O)c1cc(C(F)(F)F)cc(C(F)(F)F)c1)c1nccnc1-n1cc(C(=O)N(C)C)cn1. The second-order valence-electron chi connectivity index (χ2n) is 7.63. The van der Waals surface area contributed by atoms with Gasteiger partial charge in [0, 0.05) is 38.2 Å². The second-order valence-corrected chi connectivity index (χ2v) is 7.63. The van der Waals surface area contributed by atoms with Crippen molar-refractivity contribution in [2.24, 2.45) is 0 Å². The molecule has 0 fully saturated rings. The van der Waals surface area contributed by atoms with Gasteiger partial charge in [-0.2, -0.15) is 31.4 Å². The number of hydrogen-bond acceptors (Lipinski definition) is 5. The molecule has 35 heavy (non-hydrogen) atoms. The van der Waals surface area contributed by atoms with Gasteiger partial charge in [0.1, 0.15) is 5.69 Å². The lowest BCUT2D eigenvalue weighted by Gasteiger charge is -2.18. The first-order valence-electron chi connectivity index (χ1n) is 9.86. The van der Waals surface area contributed by atoms with Gasteiger partial charge in [-0.15, -0.1) is 0 Å². The van der Waals surface area contributed by atoms with Gasteiger partial charge in [0.2, 0.25) is 0 Å². The Morgan fingerprint density at radius 3 is 2.06 bits per heavy atom. The summed E-state index contributed by atoms with van der Waals surface area (Å²) in [6.45, 7) is 1.42. The van der Waals surface area contributed by atoms with Crippen LogP contribution in [0, 0.1) is 0 Å². The molecule has 0 saturated heterocycles. The lowest BCUT2D eigenvalue weighted by molar-refractivity contribution is -0.143. The molecule has 1 aromatic carbocycles. The second kappa shape index (κ2) is 9.35. The first-order chi connectivity index (χ1) is 16.2. The fourth-order valence-corrected chi connectivity index (χ4v) is 3.07. The smallest absolute Gasteiger partial charge is 0.345 e. The van der Waals surface area contributed by atoms with Gasteiger partial charge in [0.05, 0.1) is 28.9 Å². The van der Waals surface area contributed by atoms with E-state index in [2.05, 4.69) is 20.4 Å². The van der Waals surface area contributed by atoms with Crippen molar-refractivity contribution in [3.05, 3.63) is 70.9 Å². The third-order valence-corrected chi connectivity index (χ3v) is 4.77. The highest BCUT2D eigenvalue weighted by Crippen LogP contribution is 2.36. The Bertz CT molecular complexity index is 1220. The van der Waals surface area contributed by atoms with Crippen LogP contribution in [-0.2, 0) is 12.4 Å². The van der Waals surface area contributed by atoms with Crippen molar-refractivity contribution in [3.63, 3.8) is 0 Å². The van der Waals surface area contributed by atoms with Crippen molar-refractivity contribution in [1.82, 2.24) is 30.0 Å². The van der Waals surface area contributed by atoms with Crippen LogP contribution in [0.5, 0.6) is 0 Å². The molecule has 1 atom stereocenters. The monoisotopic (exact) mass is 500 g/mol. The van der Waals surface area contributed by atoms with Crippen LogP contribution in [-0.4, -0.2) is 50.6 Å². The third kappa shape index (κ3) is 5.75. The van der Waals surface area contributed by atoms with E-state index < -0.39 is 41.0 Å². The molecule has 0 aliphatic carbocycles. The van der Waals surface area contributed by atoms with Crippen LogP contribution < -0.4 is 5.32 Å². The Morgan fingerprint density at radius 2 is 1.51 bits per heavy atom. The number of rotatable bonds is 5. The number of amides is 2. The van der Waals surface area contributed by atoms with Crippen LogP contribution in [0.4, 0.5) is 26.3 Å². The van der Waals surface area contributed by atoms with Crippen molar-refractivity contribution < 1.29 is 35.9 Å². The van der Waals surface area contributed by atoms with Crippen LogP contribution in [0.15, 0.2) is 43.0 Å². The number of benzene rings is 1. The minimum Gasteiger partial charge on any atom is -0.345 e. The molecule has 0 unspecified atom stereocenters. The molecule has 1 N–H and O–H groups in total. The number of nitrogens with zero attached hydrogens (tertiary/aromatic N) is 5. The van der Waals surface area contributed by atoms with Crippen molar-refractivity contribution >= 4 is 11.8 Å².